The first-order chi connectivity index (χ1) is 15.9. The van der Waals surface area contributed by atoms with E-state index in [0.717, 1.165) is 42.5 Å². The van der Waals surface area contributed by atoms with Crippen molar-refractivity contribution in [2.24, 2.45) is 23.7 Å². The van der Waals surface area contributed by atoms with E-state index in [4.69, 9.17) is 40.1 Å². The van der Waals surface area contributed by atoms with Crippen LogP contribution >= 0.6 is 11.6 Å². The summed E-state index contributed by atoms with van der Waals surface area (Å²) in [6.07, 6.45) is 4.67. The number of rotatable bonds is 4. The fourth-order valence-electron chi connectivity index (χ4n) is 6.44. The number of nitrogens with zero attached hydrogens (tertiary/aromatic N) is 1. The molecule has 5 heterocycles. The molecule has 4 aliphatic heterocycles. The Balaban J connectivity index is 1.24. The lowest BCUT2D eigenvalue weighted by molar-refractivity contribution is -0.577. The Morgan fingerprint density at radius 1 is 1.09 bits per heavy atom. The summed E-state index contributed by atoms with van der Waals surface area (Å²) in [5.41, 5.74) is 1.94. The van der Waals surface area contributed by atoms with Crippen molar-refractivity contribution in [2.75, 3.05) is 0 Å². The molecule has 1 aromatic carbocycles. The molecule has 1 aromatic heterocycles. The van der Waals surface area contributed by atoms with Crippen LogP contribution in [0.25, 0.3) is 11.3 Å². The van der Waals surface area contributed by atoms with Gasteiger partial charge in [0.05, 0.1) is 6.61 Å². The number of fused-ring (bicyclic) bond motifs is 2. The Morgan fingerprint density at radius 2 is 1.91 bits per heavy atom. The predicted molar refractivity (Wildman–Crippen MR) is 119 cm³/mol. The van der Waals surface area contributed by atoms with Crippen LogP contribution < -0.4 is 0 Å². The van der Waals surface area contributed by atoms with Crippen molar-refractivity contribution in [2.45, 2.75) is 77.0 Å². The van der Waals surface area contributed by atoms with Crippen molar-refractivity contribution in [3.8, 4) is 11.3 Å². The van der Waals surface area contributed by atoms with Gasteiger partial charge in [-0.3, -0.25) is 0 Å². The molecule has 5 aliphatic rings. The van der Waals surface area contributed by atoms with Crippen molar-refractivity contribution < 1.29 is 28.5 Å². The van der Waals surface area contributed by atoms with Gasteiger partial charge >= 0.3 is 0 Å². The second-order valence-corrected chi connectivity index (χ2v) is 10.7. The van der Waals surface area contributed by atoms with Crippen molar-refractivity contribution in [1.29, 1.82) is 0 Å². The van der Waals surface area contributed by atoms with Crippen LogP contribution in [0.15, 0.2) is 35.1 Å². The zero-order valence-electron chi connectivity index (χ0n) is 19.2. The first-order valence-corrected chi connectivity index (χ1v) is 12.3. The summed E-state index contributed by atoms with van der Waals surface area (Å²) in [5.74, 6) is 0.416. The first kappa shape index (κ1) is 22.0. The molecule has 1 spiro atoms. The molecule has 8 heteroatoms. The molecule has 0 N–H and O–H groups in total. The molecule has 0 amide bonds. The molecule has 7 nitrogen and oxygen atoms in total. The Labute approximate surface area is 198 Å². The summed E-state index contributed by atoms with van der Waals surface area (Å²) in [7, 11) is 0. The Kier molecular flexibility index (Phi) is 5.36. The van der Waals surface area contributed by atoms with Crippen LogP contribution in [0.5, 0.6) is 0 Å². The highest BCUT2D eigenvalue weighted by Crippen LogP contribution is 2.60. The van der Waals surface area contributed by atoms with Gasteiger partial charge in [-0.05, 0) is 50.2 Å². The van der Waals surface area contributed by atoms with E-state index in [2.05, 4.69) is 19.0 Å². The molecule has 1 aliphatic carbocycles. The largest absolute Gasteiger partial charge is 0.364 e. The molecule has 1 saturated carbocycles. The van der Waals surface area contributed by atoms with Gasteiger partial charge in [-0.1, -0.05) is 42.7 Å². The molecule has 8 atom stereocenters. The number of aromatic nitrogens is 1. The van der Waals surface area contributed by atoms with Crippen LogP contribution in [-0.2, 0) is 30.6 Å². The molecule has 7 rings (SSSR count). The first-order valence-electron chi connectivity index (χ1n) is 11.9. The summed E-state index contributed by atoms with van der Waals surface area (Å²) in [4.78, 5) is 12.1. The minimum Gasteiger partial charge on any atom is -0.364 e. The summed E-state index contributed by atoms with van der Waals surface area (Å²) in [5, 5.41) is 4.85. The van der Waals surface area contributed by atoms with Gasteiger partial charge in [0.1, 0.15) is 12.0 Å². The second kappa shape index (κ2) is 8.04. The highest BCUT2D eigenvalue weighted by Gasteiger charge is 2.69. The maximum Gasteiger partial charge on any atom is 0.201 e. The number of halogens is 1. The SMILES string of the molecule is C[C@H]1[C@@H](OCc2conc2-c2ccc(Cl)cc2)O[C@@H]2O[C@@]3(C)CC[C@H]4[C@H](C)CC[C@@H]1[C@@]24OO3. The lowest BCUT2D eigenvalue weighted by Crippen LogP contribution is -2.70. The predicted octanol–water partition coefficient (Wildman–Crippen LogP) is 5.72. The topological polar surface area (TPSA) is 72.2 Å². The fraction of sp³-hybridized carbons (Fsp3) is 0.640. The van der Waals surface area contributed by atoms with Gasteiger partial charge in [0.2, 0.25) is 5.79 Å². The van der Waals surface area contributed by atoms with E-state index in [-0.39, 0.29) is 11.8 Å². The van der Waals surface area contributed by atoms with Crippen LogP contribution in [-0.4, -0.2) is 29.1 Å². The zero-order valence-corrected chi connectivity index (χ0v) is 19.9. The normalized spacial score (nSPS) is 42.1. The van der Waals surface area contributed by atoms with E-state index >= 15 is 0 Å². The van der Waals surface area contributed by atoms with Gasteiger partial charge in [-0.2, -0.15) is 0 Å². The van der Waals surface area contributed by atoms with E-state index in [1.54, 1.807) is 6.26 Å². The molecule has 5 fully saturated rings. The van der Waals surface area contributed by atoms with E-state index in [1.165, 1.54) is 0 Å². The van der Waals surface area contributed by atoms with Crippen LogP contribution in [0.3, 0.4) is 0 Å². The molecule has 2 bridgehead atoms. The number of hydrogen-bond donors (Lipinski definition) is 0. The standard InChI is InChI=1S/C25H30ClNO6/c1-14-4-9-20-15(2)22(30-23-25(20)19(14)10-11-24(3,31-23)32-33-25)28-12-17-13-29-27-21(17)16-5-7-18(26)8-6-16/h5-8,13-15,19-20,22-23H,4,9-12H2,1-3H3/t14-,15-,19+,20+,22+,23-,24-,25-/m1/s1. The van der Waals surface area contributed by atoms with Crippen LogP contribution in [0, 0.1) is 23.7 Å². The molecule has 0 unspecified atom stereocenters. The fourth-order valence-corrected chi connectivity index (χ4v) is 6.57. The van der Waals surface area contributed by atoms with Crippen molar-refractivity contribution in [3.63, 3.8) is 0 Å². The molecule has 2 aromatic rings. The highest BCUT2D eigenvalue weighted by molar-refractivity contribution is 6.30. The Hall–Kier alpha value is -1.48. The number of ether oxygens (including phenoxy) is 3. The van der Waals surface area contributed by atoms with Crippen molar-refractivity contribution >= 4 is 11.6 Å². The molecule has 178 valence electrons. The molecular formula is C25H30ClNO6. The summed E-state index contributed by atoms with van der Waals surface area (Å²) >= 11 is 6.03. The van der Waals surface area contributed by atoms with Crippen LogP contribution in [0.2, 0.25) is 5.02 Å². The average Bonchev–Trinajstić information content (AvgIpc) is 3.15. The van der Waals surface area contributed by atoms with Crippen molar-refractivity contribution in [1.82, 2.24) is 5.16 Å². The maximum absolute atomic E-state index is 6.50. The van der Waals surface area contributed by atoms with E-state index < -0.39 is 24.0 Å². The minimum atomic E-state index is -0.793. The van der Waals surface area contributed by atoms with Gasteiger partial charge in [-0.25, -0.2) is 9.78 Å². The Bertz CT molecular complexity index is 1010. The zero-order chi connectivity index (χ0) is 22.8. The number of benzene rings is 1. The lowest BCUT2D eigenvalue weighted by Gasteiger charge is -2.60. The van der Waals surface area contributed by atoms with Gasteiger partial charge in [0.25, 0.3) is 0 Å². The summed E-state index contributed by atoms with van der Waals surface area (Å²) in [6, 6.07) is 7.52. The van der Waals surface area contributed by atoms with Crippen LogP contribution in [0.1, 0.15) is 52.0 Å². The third-order valence-electron chi connectivity index (χ3n) is 8.26. The highest BCUT2D eigenvalue weighted by atomic mass is 35.5. The van der Waals surface area contributed by atoms with Gasteiger partial charge in [0.15, 0.2) is 18.2 Å². The quantitative estimate of drug-likeness (QED) is 0.523. The summed E-state index contributed by atoms with van der Waals surface area (Å²) in [6.45, 7) is 6.75. The maximum atomic E-state index is 6.50. The molecule has 4 saturated heterocycles. The number of hydrogen-bond acceptors (Lipinski definition) is 7. The third kappa shape index (κ3) is 3.48. The molecule has 33 heavy (non-hydrogen) atoms. The average molecular weight is 476 g/mol. The summed E-state index contributed by atoms with van der Waals surface area (Å²) < 4.78 is 24.5. The molecule has 0 radical (unpaired) electrons. The Morgan fingerprint density at radius 3 is 2.73 bits per heavy atom. The second-order valence-electron chi connectivity index (χ2n) is 10.3. The lowest BCUT2D eigenvalue weighted by atomic mass is 9.58. The smallest absolute Gasteiger partial charge is 0.201 e. The third-order valence-corrected chi connectivity index (χ3v) is 8.51. The van der Waals surface area contributed by atoms with Gasteiger partial charge < -0.3 is 18.7 Å². The van der Waals surface area contributed by atoms with Crippen molar-refractivity contribution in [3.05, 3.63) is 41.1 Å². The van der Waals surface area contributed by atoms with Gasteiger partial charge in [-0.15, -0.1) is 0 Å². The minimum absolute atomic E-state index is 0.116. The van der Waals surface area contributed by atoms with Crippen LogP contribution in [0.4, 0.5) is 0 Å². The monoisotopic (exact) mass is 475 g/mol. The van der Waals surface area contributed by atoms with E-state index in [0.29, 0.717) is 23.5 Å². The van der Waals surface area contributed by atoms with E-state index in [1.807, 2.05) is 31.2 Å². The van der Waals surface area contributed by atoms with E-state index in [9.17, 15) is 0 Å². The van der Waals surface area contributed by atoms with Gasteiger partial charge in [0, 0.05) is 34.4 Å². The molecular weight excluding hydrogens is 446 g/mol.